The van der Waals surface area contributed by atoms with Crippen LogP contribution < -0.4 is 10.5 Å². The zero-order valence-corrected chi connectivity index (χ0v) is 15.2. The van der Waals surface area contributed by atoms with Gasteiger partial charge in [0.15, 0.2) is 11.6 Å². The summed E-state index contributed by atoms with van der Waals surface area (Å²) in [4.78, 5) is -0.0571. The molecule has 2 N–H and O–H groups in total. The first-order valence-electron chi connectivity index (χ1n) is 7.64. The number of methoxy groups -OCH3 is 1. The van der Waals surface area contributed by atoms with E-state index in [1.165, 1.54) is 23.5 Å². The number of halogens is 2. The van der Waals surface area contributed by atoms with Gasteiger partial charge in [0.1, 0.15) is 0 Å². The molecule has 0 unspecified atom stereocenters. The summed E-state index contributed by atoms with van der Waals surface area (Å²) in [6.45, 7) is 1.90. The molecule has 138 valence electrons. The number of nitrogens with two attached hydrogens (primary N) is 1. The van der Waals surface area contributed by atoms with Gasteiger partial charge in [0.25, 0.3) is 0 Å². The van der Waals surface area contributed by atoms with Crippen LogP contribution in [0.3, 0.4) is 0 Å². The van der Waals surface area contributed by atoms with Crippen LogP contribution in [0.15, 0.2) is 23.1 Å². The van der Waals surface area contributed by atoms with Gasteiger partial charge in [0.2, 0.25) is 10.0 Å². The monoisotopic (exact) mass is 382 g/mol. The van der Waals surface area contributed by atoms with Crippen LogP contribution in [0.2, 0.25) is 0 Å². The van der Waals surface area contributed by atoms with Crippen LogP contribution in [0.25, 0.3) is 0 Å². The summed E-state index contributed by atoms with van der Waals surface area (Å²) >= 11 is 0. The molecule has 0 radical (unpaired) electrons. The highest BCUT2D eigenvalue weighted by Crippen LogP contribution is 2.25. The summed E-state index contributed by atoms with van der Waals surface area (Å²) in [5.41, 5.74) is 5.41. The second kappa shape index (κ2) is 9.53. The van der Waals surface area contributed by atoms with E-state index in [-0.39, 0.29) is 29.2 Å². The maximum absolute atomic E-state index is 13.7. The lowest BCUT2D eigenvalue weighted by Crippen LogP contribution is -2.41. The molecular weight excluding hydrogens is 359 g/mol. The van der Waals surface area contributed by atoms with Crippen LogP contribution in [0, 0.1) is 5.82 Å². The van der Waals surface area contributed by atoms with Crippen LogP contribution >= 0.6 is 12.4 Å². The zero-order chi connectivity index (χ0) is 16.9. The van der Waals surface area contributed by atoms with Crippen molar-refractivity contribution in [2.75, 3.05) is 33.4 Å². The van der Waals surface area contributed by atoms with Crippen LogP contribution in [0.1, 0.15) is 19.3 Å². The lowest BCUT2D eigenvalue weighted by atomic mass is 10.1. The van der Waals surface area contributed by atoms with Gasteiger partial charge in [-0.1, -0.05) is 0 Å². The molecule has 0 aromatic heterocycles. The molecular formula is C15H24ClFN2O4S. The Hall–Kier alpha value is -0.930. The minimum absolute atomic E-state index is 0. The van der Waals surface area contributed by atoms with Crippen molar-refractivity contribution in [3.8, 4) is 5.75 Å². The first-order chi connectivity index (χ1) is 11.0. The predicted octanol–water partition coefficient (Wildman–Crippen LogP) is 1.77. The van der Waals surface area contributed by atoms with Crippen molar-refractivity contribution >= 4 is 22.4 Å². The summed E-state index contributed by atoms with van der Waals surface area (Å²) in [6.07, 6.45) is 2.11. The van der Waals surface area contributed by atoms with E-state index < -0.39 is 15.8 Å². The van der Waals surface area contributed by atoms with E-state index in [9.17, 15) is 12.8 Å². The molecule has 9 heteroatoms. The van der Waals surface area contributed by atoms with E-state index in [2.05, 4.69) is 0 Å². The van der Waals surface area contributed by atoms with E-state index in [1.54, 1.807) is 0 Å². The third-order valence-corrected chi connectivity index (χ3v) is 5.76. The first-order valence-corrected chi connectivity index (χ1v) is 9.08. The Labute approximate surface area is 148 Å². The quantitative estimate of drug-likeness (QED) is 0.727. The number of benzene rings is 1. The van der Waals surface area contributed by atoms with Gasteiger partial charge in [0.05, 0.1) is 18.1 Å². The average Bonchev–Trinajstić information content (AvgIpc) is 2.55. The van der Waals surface area contributed by atoms with E-state index in [0.717, 1.165) is 12.5 Å². The maximum atomic E-state index is 13.7. The molecule has 2 rings (SSSR count). The number of rotatable bonds is 7. The number of hydrogen-bond donors (Lipinski definition) is 1. The molecule has 0 bridgehead atoms. The molecule has 1 aromatic rings. The van der Waals surface area contributed by atoms with Crippen molar-refractivity contribution in [2.24, 2.45) is 5.73 Å². The largest absolute Gasteiger partial charge is 0.494 e. The Kier molecular flexibility index (Phi) is 8.38. The molecule has 6 nitrogen and oxygen atoms in total. The SMILES string of the molecule is COc1ccc(S(=O)(=O)N2CCC(OCCCN)CC2)cc1F.Cl. The molecule has 0 saturated carbocycles. The minimum Gasteiger partial charge on any atom is -0.494 e. The van der Waals surface area contributed by atoms with Crippen LogP contribution in [-0.4, -0.2) is 52.2 Å². The highest BCUT2D eigenvalue weighted by molar-refractivity contribution is 7.89. The number of piperidine rings is 1. The van der Waals surface area contributed by atoms with Crippen molar-refractivity contribution in [1.82, 2.24) is 4.31 Å². The third kappa shape index (κ3) is 5.03. The van der Waals surface area contributed by atoms with Crippen molar-refractivity contribution < 1.29 is 22.3 Å². The fraction of sp³-hybridized carbons (Fsp3) is 0.600. The van der Waals surface area contributed by atoms with Gasteiger partial charge in [0, 0.05) is 19.7 Å². The highest BCUT2D eigenvalue weighted by Gasteiger charge is 2.30. The van der Waals surface area contributed by atoms with Gasteiger partial charge in [-0.05, 0) is 44.0 Å². The number of sulfonamides is 1. The Morgan fingerprint density at radius 3 is 2.54 bits per heavy atom. The van der Waals surface area contributed by atoms with Crippen molar-refractivity contribution in [3.05, 3.63) is 24.0 Å². The summed E-state index contributed by atoms with van der Waals surface area (Å²) in [7, 11) is -2.36. The lowest BCUT2D eigenvalue weighted by molar-refractivity contribution is 0.0209. The third-order valence-electron chi connectivity index (χ3n) is 3.86. The molecule has 0 aliphatic carbocycles. The molecule has 0 spiro atoms. The summed E-state index contributed by atoms with van der Waals surface area (Å²) in [5, 5.41) is 0. The molecule has 1 fully saturated rings. The van der Waals surface area contributed by atoms with Crippen molar-refractivity contribution in [3.63, 3.8) is 0 Å². The topological polar surface area (TPSA) is 81.9 Å². The van der Waals surface area contributed by atoms with E-state index >= 15 is 0 Å². The van der Waals surface area contributed by atoms with E-state index in [1.807, 2.05) is 0 Å². The molecule has 1 aliphatic rings. The van der Waals surface area contributed by atoms with E-state index in [0.29, 0.717) is 39.1 Å². The minimum atomic E-state index is -3.70. The zero-order valence-electron chi connectivity index (χ0n) is 13.6. The van der Waals surface area contributed by atoms with Crippen molar-refractivity contribution in [1.29, 1.82) is 0 Å². The Balaban J connectivity index is 0.00000288. The molecule has 1 heterocycles. The van der Waals surface area contributed by atoms with Crippen LogP contribution in [0.5, 0.6) is 5.75 Å². The van der Waals surface area contributed by atoms with Gasteiger partial charge < -0.3 is 15.2 Å². The van der Waals surface area contributed by atoms with Gasteiger partial charge in [-0.3, -0.25) is 0 Å². The maximum Gasteiger partial charge on any atom is 0.243 e. The second-order valence-electron chi connectivity index (χ2n) is 5.41. The predicted molar refractivity (Wildman–Crippen MR) is 91.6 cm³/mol. The summed E-state index contributed by atoms with van der Waals surface area (Å²) in [6, 6.07) is 3.68. The Morgan fingerprint density at radius 2 is 2.00 bits per heavy atom. The van der Waals surface area contributed by atoms with Gasteiger partial charge in [-0.25, -0.2) is 12.8 Å². The normalized spacial score (nSPS) is 16.6. The first kappa shape index (κ1) is 21.1. The Bertz CT molecular complexity index is 622. The molecule has 0 atom stereocenters. The Morgan fingerprint density at radius 1 is 1.33 bits per heavy atom. The van der Waals surface area contributed by atoms with Crippen molar-refractivity contribution in [2.45, 2.75) is 30.3 Å². The molecule has 0 amide bonds. The highest BCUT2D eigenvalue weighted by atomic mass is 35.5. The number of ether oxygens (including phenoxy) is 2. The van der Waals surface area contributed by atoms with Gasteiger partial charge >= 0.3 is 0 Å². The lowest BCUT2D eigenvalue weighted by Gasteiger charge is -2.31. The summed E-state index contributed by atoms with van der Waals surface area (Å²) in [5.74, 6) is -0.662. The van der Waals surface area contributed by atoms with Crippen LogP contribution in [0.4, 0.5) is 4.39 Å². The molecule has 1 aliphatic heterocycles. The van der Waals surface area contributed by atoms with Gasteiger partial charge in [-0.2, -0.15) is 4.31 Å². The fourth-order valence-corrected chi connectivity index (χ4v) is 4.01. The average molecular weight is 383 g/mol. The molecule has 1 aromatic carbocycles. The number of nitrogens with zero attached hydrogens (tertiary/aromatic N) is 1. The molecule has 1 saturated heterocycles. The van der Waals surface area contributed by atoms with Gasteiger partial charge in [-0.15, -0.1) is 12.4 Å². The standard InChI is InChI=1S/C15H23FN2O4S.ClH/c1-21-15-4-3-13(11-14(15)16)23(19,20)18-8-5-12(6-9-18)22-10-2-7-17;/h3-4,11-12H,2,5-10,17H2,1H3;1H. The van der Waals surface area contributed by atoms with E-state index in [4.69, 9.17) is 15.2 Å². The second-order valence-corrected chi connectivity index (χ2v) is 7.35. The van der Waals surface area contributed by atoms with Crippen LogP contribution in [-0.2, 0) is 14.8 Å². The smallest absolute Gasteiger partial charge is 0.243 e. The fourth-order valence-electron chi connectivity index (χ4n) is 2.53. The molecule has 24 heavy (non-hydrogen) atoms. The number of hydrogen-bond acceptors (Lipinski definition) is 5. The summed E-state index contributed by atoms with van der Waals surface area (Å²) < 4.78 is 50.7.